The number of amides is 3. The summed E-state index contributed by atoms with van der Waals surface area (Å²) in [7, 11) is -4.98. The molecule has 2 aliphatic rings. The standard InChI is InChI=1S/C14H16N6O10S2/c15-13-16-6(5-31-13)9(18-30-4-8(21)22)11(23)17-10-7(3-19-1-2-29-14(19)25)20(12(10)24)32(26,27)28/h5,7,10H,1-4H2,(H2,15,16)(H,17,23)(H,21,22)(H,26,27,28)/b18-9+/t7-,10+/m1/s1. The molecule has 3 heterocycles. The molecule has 1 aromatic heterocycles. The van der Waals surface area contributed by atoms with E-state index in [1.54, 1.807) is 0 Å². The van der Waals surface area contributed by atoms with Gasteiger partial charge in [-0.2, -0.15) is 8.42 Å². The lowest BCUT2D eigenvalue weighted by atomic mass is 9.97. The van der Waals surface area contributed by atoms with Crippen LogP contribution in [0.25, 0.3) is 0 Å². The van der Waals surface area contributed by atoms with Gasteiger partial charge in [-0.15, -0.1) is 11.3 Å². The van der Waals surface area contributed by atoms with Crippen LogP contribution < -0.4 is 11.1 Å². The van der Waals surface area contributed by atoms with Gasteiger partial charge in [-0.25, -0.2) is 18.9 Å². The summed E-state index contributed by atoms with van der Waals surface area (Å²) in [6.45, 7) is -1.08. The third-order valence-electron chi connectivity index (χ3n) is 4.28. The summed E-state index contributed by atoms with van der Waals surface area (Å²) in [5, 5.41) is 15.7. The van der Waals surface area contributed by atoms with Crippen molar-refractivity contribution >= 4 is 56.4 Å². The van der Waals surface area contributed by atoms with Crippen LogP contribution in [0.1, 0.15) is 5.69 Å². The van der Waals surface area contributed by atoms with Crippen molar-refractivity contribution in [2.24, 2.45) is 5.16 Å². The zero-order chi connectivity index (χ0) is 23.6. The molecule has 2 aliphatic heterocycles. The zero-order valence-corrected chi connectivity index (χ0v) is 17.5. The number of carbonyl (C=O) groups is 4. The van der Waals surface area contributed by atoms with E-state index >= 15 is 0 Å². The van der Waals surface area contributed by atoms with Gasteiger partial charge in [0.1, 0.15) is 18.3 Å². The fourth-order valence-corrected chi connectivity index (χ4v) is 4.34. The normalized spacial score (nSPS) is 21.2. The summed E-state index contributed by atoms with van der Waals surface area (Å²) in [4.78, 5) is 56.9. The monoisotopic (exact) mass is 492 g/mol. The van der Waals surface area contributed by atoms with Crippen LogP contribution in [0.3, 0.4) is 0 Å². The predicted octanol–water partition coefficient (Wildman–Crippen LogP) is -2.52. The number of carboxylic acid groups (broad SMARTS) is 1. The maximum Gasteiger partial charge on any atom is 0.410 e. The number of nitrogen functional groups attached to an aromatic ring is 1. The van der Waals surface area contributed by atoms with Crippen LogP contribution in [-0.2, 0) is 34.3 Å². The van der Waals surface area contributed by atoms with Crippen molar-refractivity contribution in [1.82, 2.24) is 19.5 Å². The highest BCUT2D eigenvalue weighted by atomic mass is 32.2. The number of nitrogens with one attached hydrogen (secondary N) is 1. The number of carboxylic acids is 1. The molecule has 0 aromatic carbocycles. The van der Waals surface area contributed by atoms with Gasteiger partial charge < -0.3 is 30.6 Å². The van der Waals surface area contributed by atoms with Crippen molar-refractivity contribution in [3.05, 3.63) is 11.1 Å². The molecule has 5 N–H and O–H groups in total. The second kappa shape index (κ2) is 8.93. The minimum atomic E-state index is -4.98. The highest BCUT2D eigenvalue weighted by Gasteiger charge is 2.55. The molecule has 0 saturated carbocycles. The molecule has 0 unspecified atom stereocenters. The predicted molar refractivity (Wildman–Crippen MR) is 104 cm³/mol. The van der Waals surface area contributed by atoms with Crippen molar-refractivity contribution in [1.29, 1.82) is 0 Å². The maximum absolute atomic E-state index is 12.7. The maximum atomic E-state index is 12.7. The van der Waals surface area contributed by atoms with Crippen LogP contribution >= 0.6 is 11.3 Å². The molecule has 1 aromatic rings. The molecule has 2 fully saturated rings. The first-order valence-electron chi connectivity index (χ1n) is 8.65. The van der Waals surface area contributed by atoms with E-state index in [1.165, 1.54) is 5.38 Å². The molecule has 2 saturated heterocycles. The van der Waals surface area contributed by atoms with Crippen LogP contribution in [0.4, 0.5) is 9.93 Å². The average Bonchev–Trinajstić information content (AvgIpc) is 3.29. The van der Waals surface area contributed by atoms with Gasteiger partial charge in [0.2, 0.25) is 6.61 Å². The highest BCUT2D eigenvalue weighted by molar-refractivity contribution is 7.84. The second-order valence-corrected chi connectivity index (χ2v) is 8.55. The number of rotatable bonds is 9. The molecule has 0 aliphatic carbocycles. The Labute approximate surface area is 183 Å². The number of cyclic esters (lactones) is 1. The quantitative estimate of drug-likeness (QED) is 0.121. The second-order valence-electron chi connectivity index (χ2n) is 6.37. The topological polar surface area (TPSA) is 231 Å². The lowest BCUT2D eigenvalue weighted by molar-refractivity contribution is -0.145. The molecule has 0 radical (unpaired) electrons. The number of thiazole rings is 1. The molecular formula is C14H16N6O10S2. The first kappa shape index (κ1) is 23.2. The number of anilines is 1. The van der Waals surface area contributed by atoms with Crippen LogP contribution in [0.2, 0.25) is 0 Å². The Morgan fingerprint density at radius 1 is 1.44 bits per heavy atom. The molecule has 174 valence electrons. The Bertz CT molecular complexity index is 1090. The summed E-state index contributed by atoms with van der Waals surface area (Å²) in [6.07, 6.45) is -0.757. The van der Waals surface area contributed by atoms with Gasteiger partial charge in [0, 0.05) is 11.9 Å². The summed E-state index contributed by atoms with van der Waals surface area (Å²) >= 11 is 0.943. The number of aliphatic carboxylic acids is 1. The van der Waals surface area contributed by atoms with E-state index in [2.05, 4.69) is 20.3 Å². The molecular weight excluding hydrogens is 476 g/mol. The van der Waals surface area contributed by atoms with Crippen molar-refractivity contribution in [2.75, 3.05) is 32.0 Å². The Morgan fingerprint density at radius 3 is 2.69 bits per heavy atom. The third kappa shape index (κ3) is 4.86. The number of aromatic nitrogens is 1. The number of oxime groups is 1. The Balaban J connectivity index is 1.82. The van der Waals surface area contributed by atoms with Crippen LogP contribution in [0.5, 0.6) is 0 Å². The summed E-state index contributed by atoms with van der Waals surface area (Å²) in [5.41, 5.74) is 4.91. The lowest BCUT2D eigenvalue weighted by Gasteiger charge is -2.45. The fraction of sp³-hybridized carbons (Fsp3) is 0.429. The van der Waals surface area contributed by atoms with Gasteiger partial charge in [0.05, 0.1) is 12.6 Å². The van der Waals surface area contributed by atoms with Crippen molar-refractivity contribution < 1.29 is 46.8 Å². The fourth-order valence-electron chi connectivity index (χ4n) is 2.92. The van der Waals surface area contributed by atoms with E-state index in [9.17, 15) is 32.1 Å². The first-order valence-corrected chi connectivity index (χ1v) is 10.9. The minimum absolute atomic E-state index is 0.0470. The van der Waals surface area contributed by atoms with Crippen molar-refractivity contribution in [3.8, 4) is 0 Å². The summed E-state index contributed by atoms with van der Waals surface area (Å²) in [6, 6.07) is -2.81. The smallest absolute Gasteiger partial charge is 0.410 e. The molecule has 18 heteroatoms. The van der Waals surface area contributed by atoms with Gasteiger partial charge in [-0.05, 0) is 0 Å². The minimum Gasteiger partial charge on any atom is -0.479 e. The van der Waals surface area contributed by atoms with Gasteiger partial charge in [-0.3, -0.25) is 14.1 Å². The van der Waals surface area contributed by atoms with Crippen LogP contribution in [-0.4, -0.2) is 100 Å². The summed E-state index contributed by atoms with van der Waals surface area (Å²) in [5.74, 6) is -3.60. The van der Waals surface area contributed by atoms with Crippen molar-refractivity contribution in [3.63, 3.8) is 0 Å². The summed E-state index contributed by atoms with van der Waals surface area (Å²) < 4.78 is 37.4. The molecule has 0 bridgehead atoms. The van der Waals surface area contributed by atoms with Crippen LogP contribution in [0, 0.1) is 0 Å². The number of β-lactam (4-membered cyclic amide) rings is 1. The molecule has 32 heavy (non-hydrogen) atoms. The zero-order valence-electron chi connectivity index (χ0n) is 15.9. The van der Waals surface area contributed by atoms with Gasteiger partial charge in [0.25, 0.3) is 11.8 Å². The Morgan fingerprint density at radius 2 is 2.16 bits per heavy atom. The molecule has 16 nitrogen and oxygen atoms in total. The molecule has 3 amide bonds. The van der Waals surface area contributed by atoms with E-state index in [0.29, 0.717) is 0 Å². The van der Waals surface area contributed by atoms with E-state index in [4.69, 9.17) is 15.6 Å². The van der Waals surface area contributed by atoms with Crippen LogP contribution in [0.15, 0.2) is 10.5 Å². The third-order valence-corrected chi connectivity index (χ3v) is 5.90. The van der Waals surface area contributed by atoms with Gasteiger partial charge in [0.15, 0.2) is 10.8 Å². The van der Waals surface area contributed by atoms with Gasteiger partial charge >= 0.3 is 22.4 Å². The van der Waals surface area contributed by atoms with E-state index in [0.717, 1.165) is 16.2 Å². The van der Waals surface area contributed by atoms with E-state index in [-0.39, 0.29) is 34.8 Å². The molecule has 3 rings (SSSR count). The Hall–Kier alpha value is -3.51. The number of hydrogen-bond acceptors (Lipinski definition) is 12. The van der Waals surface area contributed by atoms with Gasteiger partial charge in [-0.1, -0.05) is 5.16 Å². The SMILES string of the molecule is Nc1nc(/C(=N\OCC(=O)O)C(=O)N[C@@H]2C(=O)N(S(=O)(=O)O)[C@@H]2CN2CCOC2=O)cs1. The van der Waals surface area contributed by atoms with Crippen molar-refractivity contribution in [2.45, 2.75) is 12.1 Å². The Kier molecular flexibility index (Phi) is 6.46. The first-order chi connectivity index (χ1) is 15.0. The number of ether oxygens (including phenoxy) is 1. The molecule has 0 spiro atoms. The average molecular weight is 492 g/mol. The number of hydrogen-bond donors (Lipinski definition) is 4. The number of carbonyl (C=O) groups excluding carboxylic acids is 3. The van der Waals surface area contributed by atoms with E-state index in [1.807, 2.05) is 0 Å². The van der Waals surface area contributed by atoms with E-state index < -0.39 is 58.6 Å². The largest absolute Gasteiger partial charge is 0.479 e. The number of nitrogens with zero attached hydrogens (tertiary/aromatic N) is 4. The highest BCUT2D eigenvalue weighted by Crippen LogP contribution is 2.26. The molecule has 2 atom stereocenters. The number of nitrogens with two attached hydrogens (primary N) is 1. The lowest BCUT2D eigenvalue weighted by Crippen LogP contribution is -2.74.